The van der Waals surface area contributed by atoms with E-state index in [0.717, 1.165) is 43.6 Å². The Kier molecular flexibility index (Phi) is 4.34. The average molecular weight is 300 g/mol. The first-order valence-electron chi connectivity index (χ1n) is 7.45. The Labute approximate surface area is 129 Å². The number of thiophene rings is 1. The first-order valence-corrected chi connectivity index (χ1v) is 8.39. The Balaban J connectivity index is 1.54. The Morgan fingerprint density at radius 1 is 1.38 bits per heavy atom. The largest absolute Gasteiger partial charge is 0.339 e. The molecule has 2 aromatic rings. The number of carbonyl (C=O) groups is 1. The monoisotopic (exact) mass is 300 g/mol. The van der Waals surface area contributed by atoms with Crippen LogP contribution in [-0.2, 0) is 6.42 Å². The van der Waals surface area contributed by atoms with Crippen molar-refractivity contribution in [3.05, 3.63) is 52.0 Å². The van der Waals surface area contributed by atoms with Crippen molar-refractivity contribution in [1.82, 2.24) is 9.88 Å². The van der Waals surface area contributed by atoms with Crippen LogP contribution in [-0.4, -0.2) is 28.9 Å². The van der Waals surface area contributed by atoms with Gasteiger partial charge in [-0.25, -0.2) is 0 Å². The Bertz CT molecular complexity index is 601. The number of carbonyl (C=O) groups excluding carboxylic acids is 1. The highest BCUT2D eigenvalue weighted by Crippen LogP contribution is 2.23. The fourth-order valence-electron chi connectivity index (χ4n) is 2.97. The number of hydrogen-bond donors (Lipinski definition) is 0. The minimum atomic E-state index is 0.189. The van der Waals surface area contributed by atoms with Crippen LogP contribution < -0.4 is 0 Å². The summed E-state index contributed by atoms with van der Waals surface area (Å²) >= 11 is 1.58. The zero-order chi connectivity index (χ0) is 14.7. The molecule has 1 saturated heterocycles. The Morgan fingerprint density at radius 3 is 2.86 bits per heavy atom. The van der Waals surface area contributed by atoms with Crippen molar-refractivity contribution >= 4 is 17.2 Å². The van der Waals surface area contributed by atoms with Crippen molar-refractivity contribution in [3.63, 3.8) is 0 Å². The minimum Gasteiger partial charge on any atom is -0.339 e. The summed E-state index contributed by atoms with van der Waals surface area (Å²) in [6.45, 7) is 3.79. The molecule has 1 fully saturated rings. The fourth-order valence-corrected chi connectivity index (χ4v) is 3.60. The summed E-state index contributed by atoms with van der Waals surface area (Å²) in [5.41, 5.74) is 3.28. The Morgan fingerprint density at radius 2 is 2.19 bits per heavy atom. The van der Waals surface area contributed by atoms with Crippen LogP contribution >= 0.6 is 11.3 Å². The molecule has 0 aliphatic carbocycles. The SMILES string of the molecule is Cc1cc(CC2CCN(C(=O)c3ccsc3)CC2)ccn1. The second kappa shape index (κ2) is 6.39. The summed E-state index contributed by atoms with van der Waals surface area (Å²) in [5, 5.41) is 3.90. The van der Waals surface area contributed by atoms with Crippen LogP contribution in [0.5, 0.6) is 0 Å². The highest BCUT2D eigenvalue weighted by molar-refractivity contribution is 7.08. The first-order chi connectivity index (χ1) is 10.2. The van der Waals surface area contributed by atoms with Crippen molar-refractivity contribution in [3.8, 4) is 0 Å². The van der Waals surface area contributed by atoms with Gasteiger partial charge in [-0.3, -0.25) is 9.78 Å². The van der Waals surface area contributed by atoms with Gasteiger partial charge in [0.2, 0.25) is 0 Å². The van der Waals surface area contributed by atoms with Gasteiger partial charge in [0, 0.05) is 30.4 Å². The summed E-state index contributed by atoms with van der Waals surface area (Å²) < 4.78 is 0. The molecule has 1 aliphatic rings. The Hall–Kier alpha value is -1.68. The van der Waals surface area contributed by atoms with Crippen LogP contribution in [0.1, 0.15) is 34.5 Å². The van der Waals surface area contributed by atoms with Gasteiger partial charge in [0.15, 0.2) is 0 Å². The van der Waals surface area contributed by atoms with E-state index in [1.54, 1.807) is 11.3 Å². The van der Waals surface area contributed by atoms with Gasteiger partial charge < -0.3 is 4.90 Å². The number of rotatable bonds is 3. The molecule has 0 bridgehead atoms. The molecule has 3 rings (SSSR count). The molecular weight excluding hydrogens is 280 g/mol. The normalized spacial score (nSPS) is 16.1. The van der Waals surface area contributed by atoms with E-state index in [1.165, 1.54) is 5.56 Å². The second-order valence-electron chi connectivity index (χ2n) is 5.76. The molecule has 3 nitrogen and oxygen atoms in total. The fraction of sp³-hybridized carbons (Fsp3) is 0.412. The number of pyridine rings is 1. The molecule has 0 N–H and O–H groups in total. The van der Waals surface area contributed by atoms with Crippen LogP contribution in [0.25, 0.3) is 0 Å². The van der Waals surface area contributed by atoms with Crippen LogP contribution in [0.3, 0.4) is 0 Å². The van der Waals surface area contributed by atoms with Gasteiger partial charge >= 0.3 is 0 Å². The predicted octanol–water partition coefficient (Wildman–Crippen LogP) is 3.55. The van der Waals surface area contributed by atoms with E-state index in [1.807, 2.05) is 34.8 Å². The van der Waals surface area contributed by atoms with E-state index in [9.17, 15) is 4.79 Å². The van der Waals surface area contributed by atoms with Crippen LogP contribution in [0.15, 0.2) is 35.2 Å². The molecular formula is C17H20N2OS. The van der Waals surface area contributed by atoms with E-state index in [2.05, 4.69) is 17.1 Å². The molecule has 0 aromatic carbocycles. The molecule has 2 aromatic heterocycles. The van der Waals surface area contributed by atoms with Crippen molar-refractivity contribution in [2.45, 2.75) is 26.2 Å². The van der Waals surface area contributed by atoms with E-state index >= 15 is 0 Å². The third-order valence-corrected chi connectivity index (χ3v) is 4.84. The van der Waals surface area contributed by atoms with Crippen molar-refractivity contribution < 1.29 is 4.79 Å². The molecule has 0 spiro atoms. The third kappa shape index (κ3) is 3.50. The third-order valence-electron chi connectivity index (χ3n) is 4.16. The summed E-state index contributed by atoms with van der Waals surface area (Å²) in [4.78, 5) is 18.5. The number of nitrogens with zero attached hydrogens (tertiary/aromatic N) is 2. The maximum Gasteiger partial charge on any atom is 0.254 e. The topological polar surface area (TPSA) is 33.2 Å². The molecule has 4 heteroatoms. The van der Waals surface area contributed by atoms with Crippen LogP contribution in [0.4, 0.5) is 0 Å². The number of aryl methyl sites for hydroxylation is 1. The lowest BCUT2D eigenvalue weighted by atomic mass is 9.90. The highest BCUT2D eigenvalue weighted by atomic mass is 32.1. The molecule has 21 heavy (non-hydrogen) atoms. The summed E-state index contributed by atoms with van der Waals surface area (Å²) in [5.74, 6) is 0.868. The summed E-state index contributed by atoms with van der Waals surface area (Å²) in [6.07, 6.45) is 5.18. The van der Waals surface area contributed by atoms with Crippen LogP contribution in [0, 0.1) is 12.8 Å². The standard InChI is InChI=1S/C17H20N2OS/c1-13-10-15(2-6-18-13)11-14-3-7-19(8-4-14)17(20)16-5-9-21-12-16/h2,5-6,9-10,12,14H,3-4,7-8,11H2,1H3. The molecule has 3 heterocycles. The zero-order valence-electron chi connectivity index (χ0n) is 12.3. The molecule has 0 atom stereocenters. The molecule has 0 unspecified atom stereocenters. The maximum atomic E-state index is 12.3. The number of likely N-dealkylation sites (tertiary alicyclic amines) is 1. The highest BCUT2D eigenvalue weighted by Gasteiger charge is 2.23. The minimum absolute atomic E-state index is 0.189. The van der Waals surface area contributed by atoms with E-state index in [4.69, 9.17) is 0 Å². The van der Waals surface area contributed by atoms with Crippen molar-refractivity contribution in [2.24, 2.45) is 5.92 Å². The first kappa shape index (κ1) is 14.3. The average Bonchev–Trinajstić information content (AvgIpc) is 3.01. The van der Waals surface area contributed by atoms with Gasteiger partial charge in [-0.05, 0) is 61.2 Å². The van der Waals surface area contributed by atoms with Gasteiger partial charge in [0.25, 0.3) is 5.91 Å². The van der Waals surface area contributed by atoms with Crippen molar-refractivity contribution in [1.29, 1.82) is 0 Å². The quantitative estimate of drug-likeness (QED) is 0.868. The van der Waals surface area contributed by atoms with Gasteiger partial charge in [0.05, 0.1) is 5.56 Å². The smallest absolute Gasteiger partial charge is 0.254 e. The van der Waals surface area contributed by atoms with E-state index < -0.39 is 0 Å². The predicted molar refractivity (Wildman–Crippen MR) is 85.6 cm³/mol. The summed E-state index contributed by atoms with van der Waals surface area (Å²) in [7, 11) is 0. The molecule has 1 amide bonds. The van der Waals surface area contributed by atoms with E-state index in [-0.39, 0.29) is 5.91 Å². The van der Waals surface area contributed by atoms with Crippen molar-refractivity contribution in [2.75, 3.05) is 13.1 Å². The molecule has 0 radical (unpaired) electrons. The van der Waals surface area contributed by atoms with E-state index in [0.29, 0.717) is 5.92 Å². The summed E-state index contributed by atoms with van der Waals surface area (Å²) in [6, 6.07) is 6.19. The number of amides is 1. The molecule has 1 aliphatic heterocycles. The van der Waals surface area contributed by atoms with Crippen LogP contribution in [0.2, 0.25) is 0 Å². The van der Waals surface area contributed by atoms with Gasteiger partial charge in [-0.15, -0.1) is 0 Å². The van der Waals surface area contributed by atoms with Gasteiger partial charge in [-0.2, -0.15) is 11.3 Å². The molecule has 0 saturated carbocycles. The van der Waals surface area contributed by atoms with Gasteiger partial charge in [-0.1, -0.05) is 0 Å². The lowest BCUT2D eigenvalue weighted by molar-refractivity contribution is 0.0691. The number of hydrogen-bond acceptors (Lipinski definition) is 3. The lowest BCUT2D eigenvalue weighted by Crippen LogP contribution is -2.38. The maximum absolute atomic E-state index is 12.3. The number of piperidine rings is 1. The zero-order valence-corrected chi connectivity index (χ0v) is 13.1. The second-order valence-corrected chi connectivity index (χ2v) is 6.54. The molecule has 110 valence electrons. The lowest BCUT2D eigenvalue weighted by Gasteiger charge is -2.32. The van der Waals surface area contributed by atoms with Gasteiger partial charge in [0.1, 0.15) is 0 Å². The number of aromatic nitrogens is 1.